The Morgan fingerprint density at radius 2 is 1.92 bits per heavy atom. The highest BCUT2D eigenvalue weighted by molar-refractivity contribution is 5.94. The second-order valence-corrected chi connectivity index (χ2v) is 6.41. The van der Waals surface area contributed by atoms with Crippen molar-refractivity contribution in [3.63, 3.8) is 0 Å². The van der Waals surface area contributed by atoms with Gasteiger partial charge in [0.2, 0.25) is 0 Å². The largest absolute Gasteiger partial charge is 0.490 e. The van der Waals surface area contributed by atoms with Gasteiger partial charge < -0.3 is 24.3 Å². The molecule has 1 aliphatic heterocycles. The molecule has 25 heavy (non-hydrogen) atoms. The van der Waals surface area contributed by atoms with E-state index in [1.807, 2.05) is 13.8 Å². The molecule has 1 atom stereocenters. The van der Waals surface area contributed by atoms with Crippen LogP contribution >= 0.6 is 0 Å². The maximum atomic E-state index is 12.4. The minimum absolute atomic E-state index is 0.0869. The number of ether oxygens (including phenoxy) is 4. The predicted octanol–water partition coefficient (Wildman–Crippen LogP) is 2.90. The molecule has 1 heterocycles. The maximum absolute atomic E-state index is 12.4. The fraction of sp³-hybridized carbons (Fsp3) is 0.632. The Kier molecular flexibility index (Phi) is 5.81. The van der Waals surface area contributed by atoms with E-state index in [-0.39, 0.29) is 12.0 Å². The van der Waals surface area contributed by atoms with Crippen molar-refractivity contribution in [2.75, 3.05) is 26.4 Å². The van der Waals surface area contributed by atoms with Crippen LogP contribution in [-0.2, 0) is 9.47 Å². The number of hydrogen-bond acceptors (Lipinski definition) is 5. The molecule has 2 aliphatic rings. The lowest BCUT2D eigenvalue weighted by Crippen LogP contribution is -2.35. The summed E-state index contributed by atoms with van der Waals surface area (Å²) in [7, 11) is 0. The molecule has 1 N–H and O–H groups in total. The lowest BCUT2D eigenvalue weighted by Gasteiger charge is -2.22. The molecule has 138 valence electrons. The Balaban J connectivity index is 1.56. The van der Waals surface area contributed by atoms with Crippen molar-refractivity contribution in [3.8, 4) is 11.5 Å². The molecular formula is C19H27NO5. The fourth-order valence-electron chi connectivity index (χ4n) is 3.39. The van der Waals surface area contributed by atoms with Crippen molar-refractivity contribution in [2.45, 2.75) is 51.4 Å². The van der Waals surface area contributed by atoms with Crippen LogP contribution < -0.4 is 14.8 Å². The molecule has 0 radical (unpaired) electrons. The van der Waals surface area contributed by atoms with E-state index in [0.29, 0.717) is 43.4 Å². The van der Waals surface area contributed by atoms with Gasteiger partial charge in [-0.1, -0.05) is 0 Å². The van der Waals surface area contributed by atoms with Gasteiger partial charge >= 0.3 is 0 Å². The number of hydrogen-bond donors (Lipinski definition) is 1. The van der Waals surface area contributed by atoms with E-state index >= 15 is 0 Å². The zero-order valence-electron chi connectivity index (χ0n) is 15.0. The van der Waals surface area contributed by atoms with Crippen molar-refractivity contribution < 1.29 is 23.7 Å². The van der Waals surface area contributed by atoms with Crippen molar-refractivity contribution >= 4 is 5.91 Å². The van der Waals surface area contributed by atoms with Crippen molar-refractivity contribution in [1.82, 2.24) is 5.32 Å². The molecule has 1 saturated heterocycles. The lowest BCUT2D eigenvalue weighted by molar-refractivity contribution is -0.161. The van der Waals surface area contributed by atoms with Gasteiger partial charge in [-0.15, -0.1) is 0 Å². The van der Waals surface area contributed by atoms with Gasteiger partial charge in [0.1, 0.15) is 6.10 Å². The first-order valence-electron chi connectivity index (χ1n) is 9.15. The smallest absolute Gasteiger partial charge is 0.251 e. The molecule has 1 aliphatic carbocycles. The lowest BCUT2D eigenvalue weighted by atomic mass is 10.2. The van der Waals surface area contributed by atoms with Crippen molar-refractivity contribution in [3.05, 3.63) is 23.8 Å². The quantitative estimate of drug-likeness (QED) is 0.820. The van der Waals surface area contributed by atoms with Crippen LogP contribution in [0.4, 0.5) is 0 Å². The summed E-state index contributed by atoms with van der Waals surface area (Å²) in [5, 5.41) is 2.93. The number of benzene rings is 1. The first-order chi connectivity index (χ1) is 12.2. The standard InChI is InChI=1S/C19H27NO5/c1-3-22-16-8-7-14(11-17(16)23-4-2)18(21)20-12-15-13-24-19(25-15)9-5-6-10-19/h7-8,11,15H,3-6,9-10,12-13H2,1-2H3,(H,20,21)/t15-/m0/s1. The average Bonchev–Trinajstić information content (AvgIpc) is 3.24. The van der Waals surface area contributed by atoms with Crippen LogP contribution in [0.1, 0.15) is 49.9 Å². The second-order valence-electron chi connectivity index (χ2n) is 6.41. The minimum Gasteiger partial charge on any atom is -0.490 e. The maximum Gasteiger partial charge on any atom is 0.251 e. The summed E-state index contributed by atoms with van der Waals surface area (Å²) in [4.78, 5) is 12.4. The van der Waals surface area contributed by atoms with Gasteiger partial charge in [0.15, 0.2) is 17.3 Å². The highest BCUT2D eigenvalue weighted by Crippen LogP contribution is 2.39. The van der Waals surface area contributed by atoms with Gasteiger partial charge in [0.05, 0.1) is 19.8 Å². The molecule has 0 bridgehead atoms. The van der Waals surface area contributed by atoms with E-state index in [4.69, 9.17) is 18.9 Å². The van der Waals surface area contributed by atoms with E-state index in [1.165, 1.54) is 0 Å². The predicted molar refractivity (Wildman–Crippen MR) is 93.1 cm³/mol. The van der Waals surface area contributed by atoms with Gasteiger partial charge in [-0.3, -0.25) is 4.79 Å². The summed E-state index contributed by atoms with van der Waals surface area (Å²) < 4.78 is 23.0. The Morgan fingerprint density at radius 3 is 2.64 bits per heavy atom. The Labute approximate surface area is 148 Å². The Bertz CT molecular complexity index is 597. The second kappa shape index (κ2) is 8.06. The molecule has 1 aromatic carbocycles. The van der Waals surface area contributed by atoms with E-state index in [0.717, 1.165) is 25.7 Å². The Hall–Kier alpha value is -1.79. The summed E-state index contributed by atoms with van der Waals surface area (Å²) in [6.45, 7) is 5.86. The normalized spacial score (nSPS) is 21.4. The zero-order chi connectivity index (χ0) is 17.7. The first-order valence-corrected chi connectivity index (χ1v) is 9.15. The van der Waals surface area contributed by atoms with Crippen LogP contribution in [0.5, 0.6) is 11.5 Å². The summed E-state index contributed by atoms with van der Waals surface area (Å²) >= 11 is 0. The molecular weight excluding hydrogens is 322 g/mol. The van der Waals surface area contributed by atoms with Crippen LogP contribution in [0.15, 0.2) is 18.2 Å². The molecule has 0 unspecified atom stereocenters. The molecule has 6 nitrogen and oxygen atoms in total. The zero-order valence-corrected chi connectivity index (χ0v) is 15.0. The molecule has 3 rings (SSSR count). The number of carbonyl (C=O) groups is 1. The molecule has 0 aromatic heterocycles. The van der Waals surface area contributed by atoms with Crippen LogP contribution in [0.25, 0.3) is 0 Å². The SMILES string of the molecule is CCOc1ccc(C(=O)NC[C@H]2COC3(CCCC3)O2)cc1OCC. The molecule has 1 spiro atoms. The third-order valence-electron chi connectivity index (χ3n) is 4.57. The highest BCUT2D eigenvalue weighted by atomic mass is 16.7. The summed E-state index contributed by atoms with van der Waals surface area (Å²) in [6, 6.07) is 5.23. The van der Waals surface area contributed by atoms with Gasteiger partial charge in [-0.05, 0) is 44.9 Å². The topological polar surface area (TPSA) is 66.0 Å². The first kappa shape index (κ1) is 18.0. The third kappa shape index (κ3) is 4.25. The monoisotopic (exact) mass is 349 g/mol. The van der Waals surface area contributed by atoms with E-state index < -0.39 is 5.79 Å². The average molecular weight is 349 g/mol. The fourth-order valence-corrected chi connectivity index (χ4v) is 3.39. The van der Waals surface area contributed by atoms with Crippen molar-refractivity contribution in [1.29, 1.82) is 0 Å². The number of nitrogens with one attached hydrogen (secondary N) is 1. The van der Waals surface area contributed by atoms with E-state index in [9.17, 15) is 4.79 Å². The van der Waals surface area contributed by atoms with Crippen LogP contribution in [-0.4, -0.2) is 44.2 Å². The highest BCUT2D eigenvalue weighted by Gasteiger charge is 2.43. The summed E-state index contributed by atoms with van der Waals surface area (Å²) in [6.07, 6.45) is 4.11. The molecule has 1 amide bonds. The number of rotatable bonds is 7. The number of amides is 1. The van der Waals surface area contributed by atoms with Crippen LogP contribution in [0, 0.1) is 0 Å². The summed E-state index contributed by atoms with van der Waals surface area (Å²) in [5.41, 5.74) is 0.543. The van der Waals surface area contributed by atoms with Crippen LogP contribution in [0.3, 0.4) is 0 Å². The number of carbonyl (C=O) groups excluding carboxylic acids is 1. The van der Waals surface area contributed by atoms with Gasteiger partial charge in [0.25, 0.3) is 5.91 Å². The molecule has 1 aromatic rings. The van der Waals surface area contributed by atoms with Gasteiger partial charge in [-0.2, -0.15) is 0 Å². The van der Waals surface area contributed by atoms with E-state index in [2.05, 4.69) is 5.32 Å². The van der Waals surface area contributed by atoms with Gasteiger partial charge in [0, 0.05) is 24.9 Å². The molecule has 2 fully saturated rings. The Morgan fingerprint density at radius 1 is 1.20 bits per heavy atom. The molecule has 1 saturated carbocycles. The van der Waals surface area contributed by atoms with Crippen molar-refractivity contribution in [2.24, 2.45) is 0 Å². The van der Waals surface area contributed by atoms with Gasteiger partial charge in [-0.25, -0.2) is 0 Å². The summed E-state index contributed by atoms with van der Waals surface area (Å²) in [5.74, 6) is 0.690. The van der Waals surface area contributed by atoms with Crippen LogP contribution in [0.2, 0.25) is 0 Å². The van der Waals surface area contributed by atoms with E-state index in [1.54, 1.807) is 18.2 Å². The third-order valence-corrected chi connectivity index (χ3v) is 4.57. The molecule has 6 heteroatoms. The minimum atomic E-state index is -0.392.